The zero-order valence-electron chi connectivity index (χ0n) is 9.88. The number of halogens is 1. The van der Waals surface area contributed by atoms with E-state index < -0.39 is 0 Å². The summed E-state index contributed by atoms with van der Waals surface area (Å²) >= 11 is 3.56. The first-order chi connectivity index (χ1) is 7.83. The minimum absolute atomic E-state index is 1.10. The van der Waals surface area contributed by atoms with Crippen molar-refractivity contribution >= 4 is 22.0 Å². The van der Waals surface area contributed by atoms with Gasteiger partial charge in [-0.15, -0.1) is 5.73 Å². The van der Waals surface area contributed by atoms with E-state index in [2.05, 4.69) is 40.7 Å². The predicted octanol–water partition coefficient (Wildman–Crippen LogP) is 5.55. The molecule has 0 spiro atoms. The van der Waals surface area contributed by atoms with Crippen LogP contribution >= 0.6 is 15.9 Å². The first-order valence-corrected chi connectivity index (χ1v) is 6.78. The fourth-order valence-corrected chi connectivity index (χ4v) is 1.88. The van der Waals surface area contributed by atoms with Crippen LogP contribution in [0.4, 0.5) is 0 Å². The van der Waals surface area contributed by atoms with Crippen molar-refractivity contribution in [2.24, 2.45) is 0 Å². The van der Waals surface area contributed by atoms with Crippen molar-refractivity contribution in [1.82, 2.24) is 0 Å². The first-order valence-electron chi connectivity index (χ1n) is 5.99. The molecule has 0 aromatic heterocycles. The lowest BCUT2D eigenvalue weighted by molar-refractivity contribution is 0.673. The molecule has 86 valence electrons. The second kappa shape index (κ2) is 8.38. The van der Waals surface area contributed by atoms with E-state index in [1.165, 1.54) is 35.7 Å². The Balaban J connectivity index is 2.40. The van der Waals surface area contributed by atoms with Crippen molar-refractivity contribution < 1.29 is 0 Å². The molecule has 1 heteroatoms. The van der Waals surface area contributed by atoms with E-state index in [1.54, 1.807) is 0 Å². The monoisotopic (exact) mass is 278 g/mol. The standard InChI is InChI=1S/C15H19Br/c1-2-3-4-8-11-15(16)13-12-14-9-6-5-7-10-14/h5-7,9-10,12H,2-4,8,11H2,1H3. The Morgan fingerprint density at radius 2 is 1.94 bits per heavy atom. The number of benzene rings is 1. The molecule has 1 aromatic rings. The van der Waals surface area contributed by atoms with E-state index in [0.717, 1.165) is 6.42 Å². The van der Waals surface area contributed by atoms with Crippen molar-refractivity contribution in [3.8, 4) is 0 Å². The van der Waals surface area contributed by atoms with Crippen LogP contribution in [0.2, 0.25) is 0 Å². The summed E-state index contributed by atoms with van der Waals surface area (Å²) in [4.78, 5) is 0. The molecule has 0 N–H and O–H groups in total. The minimum atomic E-state index is 1.10. The molecule has 0 saturated carbocycles. The van der Waals surface area contributed by atoms with E-state index in [0.29, 0.717) is 0 Å². The molecule has 0 nitrogen and oxygen atoms in total. The number of rotatable bonds is 6. The molecule has 0 radical (unpaired) electrons. The third kappa shape index (κ3) is 5.95. The molecule has 1 aromatic carbocycles. The van der Waals surface area contributed by atoms with Gasteiger partial charge < -0.3 is 0 Å². The lowest BCUT2D eigenvalue weighted by Crippen LogP contribution is -1.76. The van der Waals surface area contributed by atoms with E-state index in [4.69, 9.17) is 0 Å². The number of hydrogen-bond donors (Lipinski definition) is 0. The smallest absolute Gasteiger partial charge is 0.0368 e. The van der Waals surface area contributed by atoms with Crippen LogP contribution in [0.3, 0.4) is 0 Å². The molecule has 0 aliphatic heterocycles. The maximum Gasteiger partial charge on any atom is 0.0368 e. The summed E-state index contributed by atoms with van der Waals surface area (Å²) in [6.45, 7) is 2.24. The molecular formula is C15H19Br. The van der Waals surface area contributed by atoms with E-state index in [1.807, 2.05) is 24.3 Å². The van der Waals surface area contributed by atoms with Crippen molar-refractivity contribution in [1.29, 1.82) is 0 Å². The summed E-state index contributed by atoms with van der Waals surface area (Å²) in [6.07, 6.45) is 8.33. The Morgan fingerprint density at radius 1 is 1.19 bits per heavy atom. The average molecular weight is 279 g/mol. The van der Waals surface area contributed by atoms with Crippen LogP contribution in [0, 0.1) is 0 Å². The van der Waals surface area contributed by atoms with E-state index in [9.17, 15) is 0 Å². The molecule has 1 rings (SSSR count). The third-order valence-corrected chi connectivity index (χ3v) is 3.07. The van der Waals surface area contributed by atoms with Crippen molar-refractivity contribution in [3.63, 3.8) is 0 Å². The molecular weight excluding hydrogens is 260 g/mol. The Morgan fingerprint density at radius 3 is 2.62 bits per heavy atom. The van der Waals surface area contributed by atoms with Gasteiger partial charge in [-0.1, -0.05) is 56.5 Å². The van der Waals surface area contributed by atoms with Crippen molar-refractivity contribution in [3.05, 3.63) is 46.1 Å². The zero-order valence-corrected chi connectivity index (χ0v) is 11.5. The van der Waals surface area contributed by atoms with Crippen LogP contribution in [0.25, 0.3) is 6.08 Å². The van der Waals surface area contributed by atoms with Gasteiger partial charge in [-0.2, -0.15) is 0 Å². The van der Waals surface area contributed by atoms with Gasteiger partial charge in [0.25, 0.3) is 0 Å². The summed E-state index contributed by atoms with van der Waals surface area (Å²) in [5.74, 6) is 0. The number of hydrogen-bond acceptors (Lipinski definition) is 0. The third-order valence-electron chi connectivity index (χ3n) is 2.44. The van der Waals surface area contributed by atoms with Crippen LogP contribution in [0.5, 0.6) is 0 Å². The highest BCUT2D eigenvalue weighted by Gasteiger charge is 1.91. The van der Waals surface area contributed by atoms with Crippen LogP contribution in [-0.4, -0.2) is 0 Å². The molecule has 0 aliphatic carbocycles. The second-order valence-electron chi connectivity index (χ2n) is 3.91. The van der Waals surface area contributed by atoms with E-state index >= 15 is 0 Å². The van der Waals surface area contributed by atoms with Gasteiger partial charge in [0.1, 0.15) is 0 Å². The summed E-state index contributed by atoms with van der Waals surface area (Å²) in [6, 6.07) is 10.3. The van der Waals surface area contributed by atoms with Gasteiger partial charge in [-0.3, -0.25) is 0 Å². The molecule has 0 unspecified atom stereocenters. The average Bonchev–Trinajstić information content (AvgIpc) is 2.33. The van der Waals surface area contributed by atoms with Gasteiger partial charge in [0, 0.05) is 4.48 Å². The Bertz CT molecular complexity index is 345. The van der Waals surface area contributed by atoms with Crippen LogP contribution in [0.15, 0.2) is 40.5 Å². The summed E-state index contributed by atoms with van der Waals surface area (Å²) in [5, 5.41) is 0. The summed E-state index contributed by atoms with van der Waals surface area (Å²) in [7, 11) is 0. The highest BCUT2D eigenvalue weighted by Crippen LogP contribution is 2.15. The fraction of sp³-hybridized carbons (Fsp3) is 0.400. The maximum absolute atomic E-state index is 3.56. The fourth-order valence-electron chi connectivity index (χ4n) is 1.49. The van der Waals surface area contributed by atoms with Crippen LogP contribution < -0.4 is 0 Å². The van der Waals surface area contributed by atoms with Gasteiger partial charge in [-0.05, 0) is 40.4 Å². The van der Waals surface area contributed by atoms with Gasteiger partial charge >= 0.3 is 0 Å². The quantitative estimate of drug-likeness (QED) is 0.473. The van der Waals surface area contributed by atoms with E-state index in [-0.39, 0.29) is 0 Å². The number of allylic oxidation sites excluding steroid dienone is 1. The maximum atomic E-state index is 3.56. The van der Waals surface area contributed by atoms with Crippen molar-refractivity contribution in [2.45, 2.75) is 39.0 Å². The Labute approximate surface area is 107 Å². The lowest BCUT2D eigenvalue weighted by Gasteiger charge is -1.96. The molecule has 0 heterocycles. The zero-order chi connectivity index (χ0) is 11.6. The molecule has 0 aliphatic rings. The highest BCUT2D eigenvalue weighted by molar-refractivity contribution is 9.11. The highest BCUT2D eigenvalue weighted by atomic mass is 79.9. The topological polar surface area (TPSA) is 0 Å². The molecule has 0 bridgehead atoms. The van der Waals surface area contributed by atoms with Crippen molar-refractivity contribution in [2.75, 3.05) is 0 Å². The summed E-state index contributed by atoms with van der Waals surface area (Å²) in [5.41, 5.74) is 4.49. The molecule has 0 fully saturated rings. The van der Waals surface area contributed by atoms with Gasteiger partial charge in [0.05, 0.1) is 0 Å². The SMILES string of the molecule is CCCCCCC(Br)=C=Cc1ccccc1. The van der Waals surface area contributed by atoms with Crippen LogP contribution in [0.1, 0.15) is 44.6 Å². The Hall–Kier alpha value is -0.780. The molecule has 16 heavy (non-hydrogen) atoms. The normalized spacial score (nSPS) is 9.62. The Kier molecular flexibility index (Phi) is 6.96. The lowest BCUT2D eigenvalue weighted by atomic mass is 10.1. The van der Waals surface area contributed by atoms with Gasteiger partial charge in [0.2, 0.25) is 0 Å². The largest absolute Gasteiger partial charge is 0.109 e. The summed E-state index contributed by atoms with van der Waals surface area (Å²) < 4.78 is 1.17. The first kappa shape index (κ1) is 13.3. The number of unbranched alkanes of at least 4 members (excludes halogenated alkanes) is 3. The molecule has 0 amide bonds. The minimum Gasteiger partial charge on any atom is -0.109 e. The van der Waals surface area contributed by atoms with Gasteiger partial charge in [-0.25, -0.2) is 0 Å². The molecule has 0 atom stereocenters. The predicted molar refractivity (Wildman–Crippen MR) is 75.6 cm³/mol. The second-order valence-corrected chi connectivity index (χ2v) is 4.87. The van der Waals surface area contributed by atoms with Crippen LogP contribution in [-0.2, 0) is 0 Å². The molecule has 0 saturated heterocycles. The van der Waals surface area contributed by atoms with Gasteiger partial charge in [0.15, 0.2) is 0 Å².